The molecule has 18 heavy (non-hydrogen) atoms. The van der Waals surface area contributed by atoms with Crippen LogP contribution < -0.4 is 0 Å². The predicted molar refractivity (Wildman–Crippen MR) is 67.1 cm³/mol. The van der Waals surface area contributed by atoms with Crippen LogP contribution in [0.15, 0.2) is 28.7 Å². The van der Waals surface area contributed by atoms with Gasteiger partial charge in [0.1, 0.15) is 0 Å². The minimum Gasteiger partial charge on any atom is -0.450 e. The summed E-state index contributed by atoms with van der Waals surface area (Å²) in [5, 5.41) is 0.653. The van der Waals surface area contributed by atoms with Crippen LogP contribution in [0.3, 0.4) is 0 Å². The van der Waals surface area contributed by atoms with E-state index < -0.39 is 5.82 Å². The number of hydrogen-bond donors (Lipinski definition) is 0. The fourth-order valence-corrected chi connectivity index (χ4v) is 2.82. The van der Waals surface area contributed by atoms with Crippen molar-refractivity contribution in [3.05, 3.63) is 35.8 Å². The number of furan rings is 1. The Morgan fingerprint density at radius 2 is 2.06 bits per heavy atom. The molecule has 2 aromatic rings. The topological polar surface area (TPSA) is 30.2 Å². The van der Waals surface area contributed by atoms with Crippen molar-refractivity contribution in [3.63, 3.8) is 0 Å². The van der Waals surface area contributed by atoms with Crippen LogP contribution >= 0.6 is 0 Å². The molecule has 0 atom stereocenters. The zero-order valence-corrected chi connectivity index (χ0v) is 10.3. The summed E-state index contributed by atoms with van der Waals surface area (Å²) in [5.41, 5.74) is -0.146. The van der Waals surface area contributed by atoms with E-state index in [9.17, 15) is 9.18 Å². The van der Waals surface area contributed by atoms with Crippen LogP contribution in [0.2, 0.25) is 0 Å². The molecule has 1 aromatic heterocycles. The monoisotopic (exact) mass is 246 g/mol. The van der Waals surface area contributed by atoms with Gasteiger partial charge in [-0.25, -0.2) is 4.39 Å². The number of halogens is 1. The molecular weight excluding hydrogens is 231 g/mol. The highest BCUT2D eigenvalue weighted by atomic mass is 19.1. The Morgan fingerprint density at radius 3 is 2.72 bits per heavy atom. The van der Waals surface area contributed by atoms with Crippen molar-refractivity contribution < 1.29 is 13.6 Å². The minimum absolute atomic E-state index is 0.00981. The molecular formula is C15H15FO2. The quantitative estimate of drug-likeness (QED) is 0.738. The van der Waals surface area contributed by atoms with Crippen LogP contribution in [-0.2, 0) is 0 Å². The van der Waals surface area contributed by atoms with E-state index in [4.69, 9.17) is 4.42 Å². The van der Waals surface area contributed by atoms with Gasteiger partial charge < -0.3 is 4.42 Å². The molecule has 94 valence electrons. The van der Waals surface area contributed by atoms with Crippen LogP contribution in [0.5, 0.6) is 0 Å². The fourth-order valence-electron chi connectivity index (χ4n) is 2.82. The molecule has 0 saturated heterocycles. The molecule has 2 nitrogen and oxygen atoms in total. The van der Waals surface area contributed by atoms with Gasteiger partial charge in [-0.1, -0.05) is 31.9 Å². The van der Waals surface area contributed by atoms with E-state index in [1.165, 1.54) is 6.07 Å². The van der Waals surface area contributed by atoms with Gasteiger partial charge in [0.25, 0.3) is 0 Å². The van der Waals surface area contributed by atoms with Gasteiger partial charge in [0.2, 0.25) is 5.78 Å². The molecule has 0 unspecified atom stereocenters. The fraction of sp³-hybridized carbons (Fsp3) is 0.400. The first kappa shape index (κ1) is 11.5. The normalized spacial score (nSPS) is 18.3. The number of benzene rings is 1. The number of carbonyl (C=O) groups excluding carboxylic acids is 1. The lowest BCUT2D eigenvalue weighted by Gasteiger charge is -2.19. The van der Waals surface area contributed by atoms with E-state index in [0.29, 0.717) is 11.1 Å². The van der Waals surface area contributed by atoms with Gasteiger partial charge in [-0.05, 0) is 25.0 Å². The number of rotatable bonds is 2. The molecule has 1 heterocycles. The third kappa shape index (κ3) is 1.65. The molecule has 0 amide bonds. The van der Waals surface area contributed by atoms with E-state index in [2.05, 4.69) is 0 Å². The van der Waals surface area contributed by atoms with Crippen molar-refractivity contribution in [1.82, 2.24) is 0 Å². The highest BCUT2D eigenvalue weighted by molar-refractivity contribution is 6.01. The Labute approximate surface area is 105 Å². The summed E-state index contributed by atoms with van der Waals surface area (Å²) in [6.07, 6.45) is 3.95. The van der Waals surface area contributed by atoms with Crippen LogP contribution in [-0.4, -0.2) is 5.78 Å². The largest absolute Gasteiger partial charge is 0.450 e. The summed E-state index contributed by atoms with van der Waals surface area (Å²) in [5.74, 6) is -0.113. The number of ketones is 1. The third-order valence-electron chi connectivity index (χ3n) is 3.98. The van der Waals surface area contributed by atoms with Crippen LogP contribution in [0.1, 0.15) is 43.2 Å². The Hall–Kier alpha value is -1.64. The Kier molecular flexibility index (Phi) is 2.51. The summed E-state index contributed by atoms with van der Waals surface area (Å²) < 4.78 is 18.9. The van der Waals surface area contributed by atoms with Gasteiger partial charge in [-0.2, -0.15) is 0 Å². The van der Waals surface area contributed by atoms with E-state index in [1.54, 1.807) is 18.2 Å². The average molecular weight is 246 g/mol. The van der Waals surface area contributed by atoms with Crippen LogP contribution in [0.4, 0.5) is 4.39 Å². The zero-order valence-electron chi connectivity index (χ0n) is 10.3. The van der Waals surface area contributed by atoms with Gasteiger partial charge in [-0.15, -0.1) is 0 Å². The molecule has 1 aliphatic rings. The number of para-hydroxylation sites is 1. The SMILES string of the molecule is CC1(C(=O)c2cc3cccc(F)c3o2)CCCC1. The first-order valence-corrected chi connectivity index (χ1v) is 6.33. The summed E-state index contributed by atoms with van der Waals surface area (Å²) in [4.78, 5) is 12.4. The molecule has 1 aromatic carbocycles. The predicted octanol–water partition coefficient (Wildman–Crippen LogP) is 4.33. The molecule has 0 spiro atoms. The second-order valence-corrected chi connectivity index (χ2v) is 5.37. The maximum atomic E-state index is 13.5. The van der Waals surface area contributed by atoms with Crippen LogP contribution in [0, 0.1) is 11.2 Å². The van der Waals surface area contributed by atoms with Crippen molar-refractivity contribution in [2.45, 2.75) is 32.6 Å². The van der Waals surface area contributed by atoms with Crippen molar-refractivity contribution in [3.8, 4) is 0 Å². The summed E-state index contributed by atoms with van der Waals surface area (Å²) in [6.45, 7) is 1.98. The van der Waals surface area contributed by atoms with Gasteiger partial charge in [0.15, 0.2) is 17.2 Å². The van der Waals surface area contributed by atoms with E-state index in [-0.39, 0.29) is 16.8 Å². The Balaban J connectivity index is 2.04. The zero-order chi connectivity index (χ0) is 12.8. The lowest BCUT2D eigenvalue weighted by atomic mass is 9.83. The van der Waals surface area contributed by atoms with E-state index in [1.807, 2.05) is 6.92 Å². The van der Waals surface area contributed by atoms with Crippen molar-refractivity contribution >= 4 is 16.8 Å². The smallest absolute Gasteiger partial charge is 0.203 e. The number of fused-ring (bicyclic) bond motifs is 1. The minimum atomic E-state index is -0.414. The molecule has 1 fully saturated rings. The van der Waals surface area contributed by atoms with Gasteiger partial charge in [0.05, 0.1) is 0 Å². The van der Waals surface area contributed by atoms with Crippen molar-refractivity contribution in [2.24, 2.45) is 5.41 Å². The van der Waals surface area contributed by atoms with Crippen LogP contribution in [0.25, 0.3) is 11.0 Å². The summed E-state index contributed by atoms with van der Waals surface area (Å²) >= 11 is 0. The molecule has 3 rings (SSSR count). The molecule has 0 bridgehead atoms. The van der Waals surface area contributed by atoms with Crippen molar-refractivity contribution in [1.29, 1.82) is 0 Å². The highest BCUT2D eigenvalue weighted by Gasteiger charge is 2.38. The molecule has 1 aliphatic carbocycles. The Bertz CT molecular complexity index is 606. The number of Topliss-reactive ketones (excluding diaryl/α,β-unsaturated/α-hetero) is 1. The first-order valence-electron chi connectivity index (χ1n) is 6.33. The number of carbonyl (C=O) groups is 1. The maximum absolute atomic E-state index is 13.5. The molecule has 0 N–H and O–H groups in total. The third-order valence-corrected chi connectivity index (χ3v) is 3.98. The molecule has 3 heteroatoms. The lowest BCUT2D eigenvalue weighted by molar-refractivity contribution is 0.0795. The second-order valence-electron chi connectivity index (χ2n) is 5.37. The van der Waals surface area contributed by atoms with Gasteiger partial charge in [-0.3, -0.25) is 4.79 Å². The highest BCUT2D eigenvalue weighted by Crippen LogP contribution is 2.41. The summed E-state index contributed by atoms with van der Waals surface area (Å²) in [7, 11) is 0. The average Bonchev–Trinajstić information content (AvgIpc) is 2.96. The molecule has 0 aliphatic heterocycles. The van der Waals surface area contributed by atoms with Crippen molar-refractivity contribution in [2.75, 3.05) is 0 Å². The Morgan fingerprint density at radius 1 is 1.33 bits per heavy atom. The number of hydrogen-bond acceptors (Lipinski definition) is 2. The molecule has 0 radical (unpaired) electrons. The second kappa shape index (κ2) is 3.94. The first-order chi connectivity index (χ1) is 8.60. The van der Waals surface area contributed by atoms with Gasteiger partial charge >= 0.3 is 0 Å². The standard InChI is InChI=1S/C15H15FO2/c1-15(7-2-3-8-15)14(17)12-9-10-5-4-6-11(16)13(10)18-12/h4-6,9H,2-3,7-8H2,1H3. The lowest BCUT2D eigenvalue weighted by Crippen LogP contribution is -2.23. The molecule has 1 saturated carbocycles. The maximum Gasteiger partial charge on any atom is 0.203 e. The van der Waals surface area contributed by atoms with E-state index in [0.717, 1.165) is 25.7 Å². The summed E-state index contributed by atoms with van der Waals surface area (Å²) in [6, 6.07) is 6.39. The van der Waals surface area contributed by atoms with E-state index >= 15 is 0 Å². The van der Waals surface area contributed by atoms with Gasteiger partial charge in [0, 0.05) is 10.8 Å².